The van der Waals surface area contributed by atoms with Crippen molar-refractivity contribution >= 4 is 29.3 Å². The minimum atomic E-state index is -4.52. The molecule has 0 aliphatic carbocycles. The summed E-state index contributed by atoms with van der Waals surface area (Å²) in [5.74, 6) is 1.11. The van der Waals surface area contributed by atoms with Crippen molar-refractivity contribution < 1.29 is 22.8 Å². The predicted molar refractivity (Wildman–Crippen MR) is 93.7 cm³/mol. The van der Waals surface area contributed by atoms with Gasteiger partial charge in [-0.2, -0.15) is 13.2 Å². The van der Waals surface area contributed by atoms with Crippen LogP contribution in [-0.4, -0.2) is 23.9 Å². The largest absolute Gasteiger partial charge is 0.446 e. The molecule has 2 aromatic rings. The van der Waals surface area contributed by atoms with Crippen molar-refractivity contribution in [3.8, 4) is 12.3 Å². The van der Waals surface area contributed by atoms with E-state index in [4.69, 9.17) is 6.42 Å². The summed E-state index contributed by atoms with van der Waals surface area (Å²) in [6, 6.07) is 11.8. The van der Waals surface area contributed by atoms with Crippen LogP contribution in [0.4, 0.5) is 18.9 Å². The fraction of sp³-hybridized carbons (Fsp3) is 0.111. The molecule has 0 radical (unpaired) electrons. The lowest BCUT2D eigenvalue weighted by Gasteiger charge is -2.11. The molecule has 0 aliphatic rings. The molecule has 0 saturated heterocycles. The maximum Gasteiger partial charge on any atom is 0.446 e. The van der Waals surface area contributed by atoms with E-state index in [0.717, 1.165) is 0 Å². The lowest BCUT2D eigenvalue weighted by molar-refractivity contribution is -0.115. The highest BCUT2D eigenvalue weighted by Crippen LogP contribution is 2.38. The van der Waals surface area contributed by atoms with E-state index >= 15 is 0 Å². The van der Waals surface area contributed by atoms with Crippen LogP contribution in [0.15, 0.2) is 53.4 Å². The van der Waals surface area contributed by atoms with Crippen LogP contribution in [0.1, 0.15) is 15.9 Å². The Kier molecular flexibility index (Phi) is 6.31. The van der Waals surface area contributed by atoms with Crippen LogP contribution < -0.4 is 10.6 Å². The Bertz CT molecular complexity index is 860. The lowest BCUT2D eigenvalue weighted by atomic mass is 10.2. The molecule has 2 rings (SSSR count). The predicted octanol–water partition coefficient (Wildman–Crippen LogP) is 3.65. The lowest BCUT2D eigenvalue weighted by Crippen LogP contribution is -2.33. The molecule has 0 saturated carbocycles. The first-order valence-electron chi connectivity index (χ1n) is 7.28. The van der Waals surface area contributed by atoms with Gasteiger partial charge in [0.1, 0.15) is 0 Å². The molecule has 8 heteroatoms. The van der Waals surface area contributed by atoms with Gasteiger partial charge in [-0.15, -0.1) is 6.42 Å². The standard InChI is InChI=1S/C18H13F3N2O2S/c1-2-12-6-5-7-13(10-12)23-16(24)11-22-17(25)14-8-3-4-9-15(14)26-18(19,20)21/h1,3-10H,11H2,(H,22,25)(H,23,24). The molecular formula is C18H13F3N2O2S. The average Bonchev–Trinajstić information content (AvgIpc) is 2.59. The maximum absolute atomic E-state index is 12.6. The molecule has 2 amide bonds. The molecule has 0 bridgehead atoms. The number of terminal acetylenes is 1. The van der Waals surface area contributed by atoms with E-state index in [9.17, 15) is 22.8 Å². The van der Waals surface area contributed by atoms with Gasteiger partial charge >= 0.3 is 5.51 Å². The molecule has 4 nitrogen and oxygen atoms in total. The Morgan fingerprint density at radius 1 is 1.12 bits per heavy atom. The highest BCUT2D eigenvalue weighted by Gasteiger charge is 2.31. The fourth-order valence-corrected chi connectivity index (χ4v) is 2.68. The molecule has 0 unspecified atom stereocenters. The third-order valence-corrected chi connectivity index (χ3v) is 3.89. The van der Waals surface area contributed by atoms with Gasteiger partial charge in [-0.3, -0.25) is 9.59 Å². The van der Waals surface area contributed by atoms with Gasteiger partial charge in [0.15, 0.2) is 0 Å². The smallest absolute Gasteiger partial charge is 0.343 e. The molecule has 0 heterocycles. The Hall–Kier alpha value is -2.92. The first-order valence-corrected chi connectivity index (χ1v) is 8.09. The van der Waals surface area contributed by atoms with Crippen molar-refractivity contribution in [2.24, 2.45) is 0 Å². The third-order valence-electron chi connectivity index (χ3n) is 3.08. The van der Waals surface area contributed by atoms with Gasteiger partial charge < -0.3 is 10.6 Å². The molecule has 0 aromatic heterocycles. The zero-order valence-corrected chi connectivity index (χ0v) is 14.1. The Morgan fingerprint density at radius 3 is 2.54 bits per heavy atom. The van der Waals surface area contributed by atoms with Gasteiger partial charge in [0, 0.05) is 16.1 Å². The van der Waals surface area contributed by atoms with Crippen molar-refractivity contribution in [1.29, 1.82) is 0 Å². The summed E-state index contributed by atoms with van der Waals surface area (Å²) in [5, 5.41) is 4.84. The zero-order valence-electron chi connectivity index (χ0n) is 13.3. The highest BCUT2D eigenvalue weighted by atomic mass is 32.2. The first kappa shape index (κ1) is 19.4. The van der Waals surface area contributed by atoms with Crippen LogP contribution in [0.3, 0.4) is 0 Å². The van der Waals surface area contributed by atoms with E-state index < -0.39 is 23.9 Å². The molecule has 2 N–H and O–H groups in total. The summed E-state index contributed by atoms with van der Waals surface area (Å²) in [6.07, 6.45) is 5.27. The van der Waals surface area contributed by atoms with Gasteiger partial charge in [0.2, 0.25) is 5.91 Å². The summed E-state index contributed by atoms with van der Waals surface area (Å²) in [5.41, 5.74) is -3.65. The van der Waals surface area contributed by atoms with E-state index in [0.29, 0.717) is 11.3 Å². The zero-order chi connectivity index (χ0) is 19.2. The second-order valence-corrected chi connectivity index (χ2v) is 6.11. The maximum atomic E-state index is 12.6. The number of alkyl halides is 3. The Morgan fingerprint density at radius 2 is 1.85 bits per heavy atom. The van der Waals surface area contributed by atoms with E-state index in [-0.39, 0.29) is 22.2 Å². The number of amides is 2. The van der Waals surface area contributed by atoms with Crippen molar-refractivity contribution in [3.63, 3.8) is 0 Å². The molecule has 0 spiro atoms. The number of carbonyl (C=O) groups is 2. The number of nitrogens with one attached hydrogen (secondary N) is 2. The van der Waals surface area contributed by atoms with Crippen LogP contribution in [0, 0.1) is 12.3 Å². The van der Waals surface area contributed by atoms with E-state index in [1.807, 2.05) is 0 Å². The van der Waals surface area contributed by atoms with Crippen LogP contribution in [0.25, 0.3) is 0 Å². The average molecular weight is 378 g/mol. The Balaban J connectivity index is 1.98. The summed E-state index contributed by atoms with van der Waals surface area (Å²) >= 11 is -0.384. The molecule has 2 aromatic carbocycles. The minimum absolute atomic E-state index is 0.156. The summed E-state index contributed by atoms with van der Waals surface area (Å²) < 4.78 is 37.7. The van der Waals surface area contributed by atoms with Gasteiger partial charge in [-0.05, 0) is 42.1 Å². The highest BCUT2D eigenvalue weighted by molar-refractivity contribution is 8.00. The molecule has 134 valence electrons. The van der Waals surface area contributed by atoms with E-state index in [2.05, 4.69) is 16.6 Å². The number of benzene rings is 2. The van der Waals surface area contributed by atoms with Gasteiger partial charge in [-0.25, -0.2) is 0 Å². The van der Waals surface area contributed by atoms with Crippen LogP contribution >= 0.6 is 11.8 Å². The van der Waals surface area contributed by atoms with Crippen molar-refractivity contribution in [3.05, 3.63) is 59.7 Å². The third kappa shape index (κ3) is 5.86. The monoisotopic (exact) mass is 378 g/mol. The number of carbonyl (C=O) groups excluding carboxylic acids is 2. The quantitative estimate of drug-likeness (QED) is 0.617. The normalized spacial score (nSPS) is 10.7. The molecule has 0 aliphatic heterocycles. The second-order valence-electron chi connectivity index (χ2n) is 5.00. The number of halogens is 3. The topological polar surface area (TPSA) is 58.2 Å². The van der Waals surface area contributed by atoms with Crippen LogP contribution in [0.5, 0.6) is 0 Å². The van der Waals surface area contributed by atoms with Gasteiger partial charge in [0.05, 0.1) is 12.1 Å². The first-order chi connectivity index (χ1) is 12.3. The second kappa shape index (κ2) is 8.45. The molecular weight excluding hydrogens is 365 g/mol. The van der Waals surface area contributed by atoms with Crippen molar-refractivity contribution in [1.82, 2.24) is 5.32 Å². The summed E-state index contributed by atoms with van der Waals surface area (Å²) in [7, 11) is 0. The molecule has 0 fully saturated rings. The van der Waals surface area contributed by atoms with Gasteiger partial charge in [-0.1, -0.05) is 24.1 Å². The number of hydrogen-bond donors (Lipinski definition) is 2. The minimum Gasteiger partial charge on any atom is -0.343 e. The number of thioether (sulfide) groups is 1. The van der Waals surface area contributed by atoms with Crippen molar-refractivity contribution in [2.75, 3.05) is 11.9 Å². The van der Waals surface area contributed by atoms with Crippen molar-refractivity contribution in [2.45, 2.75) is 10.4 Å². The summed E-state index contributed by atoms with van der Waals surface area (Å²) in [6.45, 7) is -0.399. The number of rotatable bonds is 5. The van der Waals surface area contributed by atoms with E-state index in [1.54, 1.807) is 24.3 Å². The summed E-state index contributed by atoms with van der Waals surface area (Å²) in [4.78, 5) is 23.8. The van der Waals surface area contributed by atoms with Crippen LogP contribution in [-0.2, 0) is 4.79 Å². The Labute approximate surface area is 152 Å². The van der Waals surface area contributed by atoms with Crippen LogP contribution in [0.2, 0.25) is 0 Å². The molecule has 26 heavy (non-hydrogen) atoms. The van der Waals surface area contributed by atoms with Gasteiger partial charge in [0.25, 0.3) is 5.91 Å². The van der Waals surface area contributed by atoms with E-state index in [1.165, 1.54) is 24.3 Å². The fourth-order valence-electron chi connectivity index (χ4n) is 2.02. The molecule has 0 atom stereocenters. The SMILES string of the molecule is C#Cc1cccc(NC(=O)CNC(=O)c2ccccc2SC(F)(F)F)c1. The number of anilines is 1. The number of hydrogen-bond acceptors (Lipinski definition) is 3.